The van der Waals surface area contributed by atoms with Crippen LogP contribution in [-0.2, 0) is 10.1 Å². The third kappa shape index (κ3) is 4.63. The topological polar surface area (TPSA) is 80.2 Å². The number of aromatic nitrogens is 2. The number of pyridine rings is 2. The quantitative estimate of drug-likeness (QED) is 0.760. The molecule has 0 saturated heterocycles. The van der Waals surface area contributed by atoms with Crippen LogP contribution < -0.4 is 0 Å². The molecule has 0 aliphatic carbocycles. The Kier molecular flexibility index (Phi) is 4.56. The normalized spacial score (nSPS) is 10.1. The van der Waals surface area contributed by atoms with Gasteiger partial charge in [0.2, 0.25) is 0 Å². The van der Waals surface area contributed by atoms with Crippen molar-refractivity contribution in [2.45, 2.75) is 4.90 Å². The van der Waals surface area contributed by atoms with Crippen LogP contribution in [0.3, 0.4) is 0 Å². The largest absolute Gasteiger partial charge is 0.296 e. The van der Waals surface area contributed by atoms with Gasteiger partial charge in [0.15, 0.2) is 0 Å². The van der Waals surface area contributed by atoms with E-state index in [0.29, 0.717) is 0 Å². The van der Waals surface area contributed by atoms with Gasteiger partial charge >= 0.3 is 0 Å². The lowest BCUT2D eigenvalue weighted by atomic mass is 10.5. The molecule has 0 amide bonds. The molecule has 0 aromatic carbocycles. The van der Waals surface area contributed by atoms with Gasteiger partial charge in [-0.25, -0.2) is 0 Å². The molecule has 0 unspecified atom stereocenters. The van der Waals surface area contributed by atoms with Crippen molar-refractivity contribution < 1.29 is 13.0 Å². The first kappa shape index (κ1) is 12.3. The SMILES string of the molecule is O=S(=O)(O)c1cccnc1.c1ccncc1. The zero-order valence-corrected chi connectivity index (χ0v) is 9.08. The van der Waals surface area contributed by atoms with E-state index in [1.54, 1.807) is 12.4 Å². The third-order valence-corrected chi connectivity index (χ3v) is 2.34. The Labute approximate surface area is 93.6 Å². The summed E-state index contributed by atoms with van der Waals surface area (Å²) in [5.41, 5.74) is 0. The molecule has 0 aliphatic rings. The van der Waals surface area contributed by atoms with Crippen molar-refractivity contribution in [1.29, 1.82) is 0 Å². The van der Waals surface area contributed by atoms with Crippen molar-refractivity contribution in [2.75, 3.05) is 0 Å². The van der Waals surface area contributed by atoms with Crippen molar-refractivity contribution in [2.24, 2.45) is 0 Å². The summed E-state index contributed by atoms with van der Waals surface area (Å²) in [6, 6.07) is 8.42. The monoisotopic (exact) mass is 238 g/mol. The van der Waals surface area contributed by atoms with E-state index in [1.807, 2.05) is 18.2 Å². The third-order valence-electron chi connectivity index (χ3n) is 1.50. The van der Waals surface area contributed by atoms with Crippen molar-refractivity contribution in [3.63, 3.8) is 0 Å². The zero-order valence-electron chi connectivity index (χ0n) is 8.26. The van der Waals surface area contributed by atoms with Gasteiger partial charge in [0, 0.05) is 24.8 Å². The molecular weight excluding hydrogens is 228 g/mol. The van der Waals surface area contributed by atoms with Crippen LogP contribution in [0.4, 0.5) is 0 Å². The number of hydrogen-bond donors (Lipinski definition) is 1. The lowest BCUT2D eigenvalue weighted by Gasteiger charge is -1.91. The summed E-state index contributed by atoms with van der Waals surface area (Å²) in [6.45, 7) is 0. The second kappa shape index (κ2) is 5.94. The highest BCUT2D eigenvalue weighted by atomic mass is 32.2. The number of hydrogen-bond acceptors (Lipinski definition) is 4. The van der Waals surface area contributed by atoms with Gasteiger partial charge in [-0.15, -0.1) is 0 Å². The standard InChI is InChI=1S/C5H5NO3S.C5H5N/c7-10(8,9)5-2-1-3-6-4-5;1-2-4-6-5-3-1/h1-4H,(H,7,8,9);1-5H. The van der Waals surface area contributed by atoms with E-state index in [0.717, 1.165) is 6.20 Å². The maximum Gasteiger partial charge on any atom is 0.296 e. The van der Waals surface area contributed by atoms with E-state index < -0.39 is 10.1 Å². The van der Waals surface area contributed by atoms with Gasteiger partial charge in [-0.3, -0.25) is 14.5 Å². The van der Waals surface area contributed by atoms with Crippen LogP contribution in [0.5, 0.6) is 0 Å². The smallest absolute Gasteiger partial charge is 0.282 e. The van der Waals surface area contributed by atoms with Gasteiger partial charge in [-0.2, -0.15) is 8.42 Å². The van der Waals surface area contributed by atoms with Gasteiger partial charge in [0.1, 0.15) is 4.90 Å². The Morgan fingerprint density at radius 1 is 0.938 bits per heavy atom. The van der Waals surface area contributed by atoms with Crippen LogP contribution in [0.1, 0.15) is 0 Å². The molecule has 0 aliphatic heterocycles. The summed E-state index contributed by atoms with van der Waals surface area (Å²) < 4.78 is 29.1. The highest BCUT2D eigenvalue weighted by Gasteiger charge is 2.06. The summed E-state index contributed by atoms with van der Waals surface area (Å²) in [7, 11) is -4.07. The van der Waals surface area contributed by atoms with Crippen LogP contribution in [-0.4, -0.2) is 22.9 Å². The summed E-state index contributed by atoms with van der Waals surface area (Å²) in [5, 5.41) is 0. The fraction of sp³-hybridized carbons (Fsp3) is 0. The lowest BCUT2D eigenvalue weighted by molar-refractivity contribution is 0.483. The summed E-state index contributed by atoms with van der Waals surface area (Å²) in [6.07, 6.45) is 6.00. The Hall–Kier alpha value is -1.79. The first-order chi connectivity index (χ1) is 7.61. The molecule has 0 saturated carbocycles. The van der Waals surface area contributed by atoms with Crippen molar-refractivity contribution >= 4 is 10.1 Å². The molecule has 2 rings (SSSR count). The molecule has 5 nitrogen and oxygen atoms in total. The van der Waals surface area contributed by atoms with Gasteiger partial charge in [-0.05, 0) is 24.3 Å². The summed E-state index contributed by atoms with van der Waals surface area (Å²) in [5.74, 6) is 0. The first-order valence-electron chi connectivity index (χ1n) is 4.33. The molecule has 2 aromatic rings. The Balaban J connectivity index is 0.000000181. The average Bonchev–Trinajstić information content (AvgIpc) is 2.32. The minimum atomic E-state index is -4.07. The second-order valence-electron chi connectivity index (χ2n) is 2.69. The molecule has 2 aromatic heterocycles. The summed E-state index contributed by atoms with van der Waals surface area (Å²) in [4.78, 5) is 7.11. The molecule has 0 atom stereocenters. The van der Waals surface area contributed by atoms with Gasteiger partial charge in [0.05, 0.1) is 0 Å². The van der Waals surface area contributed by atoms with Gasteiger partial charge in [0.25, 0.3) is 10.1 Å². The molecule has 0 bridgehead atoms. The maximum atomic E-state index is 10.3. The van der Waals surface area contributed by atoms with Gasteiger partial charge < -0.3 is 0 Å². The highest BCUT2D eigenvalue weighted by Crippen LogP contribution is 2.03. The lowest BCUT2D eigenvalue weighted by Crippen LogP contribution is -1.97. The van der Waals surface area contributed by atoms with Crippen molar-refractivity contribution in [1.82, 2.24) is 9.97 Å². The second-order valence-corrected chi connectivity index (χ2v) is 4.11. The number of rotatable bonds is 1. The number of nitrogens with zero attached hydrogens (tertiary/aromatic N) is 2. The van der Waals surface area contributed by atoms with E-state index in [9.17, 15) is 8.42 Å². The van der Waals surface area contributed by atoms with E-state index in [1.165, 1.54) is 18.3 Å². The van der Waals surface area contributed by atoms with E-state index in [-0.39, 0.29) is 4.90 Å². The Morgan fingerprint density at radius 3 is 1.81 bits per heavy atom. The van der Waals surface area contributed by atoms with E-state index in [2.05, 4.69) is 9.97 Å². The maximum absolute atomic E-state index is 10.3. The molecule has 0 spiro atoms. The van der Waals surface area contributed by atoms with Crippen LogP contribution >= 0.6 is 0 Å². The van der Waals surface area contributed by atoms with Crippen LogP contribution in [0, 0.1) is 0 Å². The minimum Gasteiger partial charge on any atom is -0.282 e. The molecular formula is C10H10N2O3S. The van der Waals surface area contributed by atoms with Crippen LogP contribution in [0.25, 0.3) is 0 Å². The van der Waals surface area contributed by atoms with Crippen LogP contribution in [0.15, 0.2) is 60.0 Å². The zero-order chi connectivity index (χ0) is 11.9. The molecule has 0 radical (unpaired) electrons. The minimum absolute atomic E-state index is 0.185. The molecule has 84 valence electrons. The Bertz CT molecular complexity index is 473. The molecule has 6 heteroatoms. The van der Waals surface area contributed by atoms with Crippen LogP contribution in [0.2, 0.25) is 0 Å². The average molecular weight is 238 g/mol. The van der Waals surface area contributed by atoms with Crippen molar-refractivity contribution in [3.05, 3.63) is 55.1 Å². The molecule has 16 heavy (non-hydrogen) atoms. The Morgan fingerprint density at radius 2 is 1.56 bits per heavy atom. The molecule has 0 fully saturated rings. The molecule has 2 heterocycles. The predicted octanol–water partition coefficient (Wildman–Crippen LogP) is 1.41. The summed E-state index contributed by atoms with van der Waals surface area (Å²) >= 11 is 0. The first-order valence-corrected chi connectivity index (χ1v) is 5.77. The van der Waals surface area contributed by atoms with Crippen molar-refractivity contribution in [3.8, 4) is 0 Å². The van der Waals surface area contributed by atoms with E-state index in [4.69, 9.17) is 4.55 Å². The fourth-order valence-corrected chi connectivity index (χ4v) is 1.26. The fourth-order valence-electron chi connectivity index (χ4n) is 0.812. The van der Waals surface area contributed by atoms with E-state index >= 15 is 0 Å². The molecule has 1 N–H and O–H groups in total. The predicted molar refractivity (Wildman–Crippen MR) is 58.3 cm³/mol. The van der Waals surface area contributed by atoms with Gasteiger partial charge in [-0.1, -0.05) is 6.07 Å². The highest BCUT2D eigenvalue weighted by molar-refractivity contribution is 7.85.